The van der Waals surface area contributed by atoms with Crippen molar-refractivity contribution in [2.75, 3.05) is 18.1 Å². The fraction of sp³-hybridized carbons (Fsp3) is 0.357. The average Bonchev–Trinajstić information content (AvgIpc) is 3.52. The highest BCUT2D eigenvalue weighted by molar-refractivity contribution is 6.01. The summed E-state index contributed by atoms with van der Waals surface area (Å²) in [5.74, 6) is 0.512. The van der Waals surface area contributed by atoms with E-state index < -0.39 is 11.6 Å². The van der Waals surface area contributed by atoms with Crippen molar-refractivity contribution >= 4 is 28.5 Å². The minimum Gasteiger partial charge on any atom is -0.486 e. The second-order valence-corrected chi connectivity index (χ2v) is 10.0. The van der Waals surface area contributed by atoms with E-state index in [1.54, 1.807) is 22.9 Å². The van der Waals surface area contributed by atoms with E-state index in [4.69, 9.17) is 9.47 Å². The van der Waals surface area contributed by atoms with Crippen LogP contribution in [0.2, 0.25) is 0 Å². The number of aromatic nitrogens is 4. The third-order valence-electron chi connectivity index (χ3n) is 6.89. The van der Waals surface area contributed by atoms with Crippen LogP contribution < -0.4 is 19.7 Å². The molecular weight excluding hydrogens is 484 g/mol. The van der Waals surface area contributed by atoms with Gasteiger partial charge in [0.1, 0.15) is 25.3 Å². The molecule has 0 fully saturated rings. The molecule has 10 heteroatoms. The van der Waals surface area contributed by atoms with Crippen molar-refractivity contribution < 1.29 is 19.1 Å². The van der Waals surface area contributed by atoms with Gasteiger partial charge in [0.2, 0.25) is 11.8 Å². The molecule has 3 heterocycles. The van der Waals surface area contributed by atoms with Crippen LogP contribution in [0.4, 0.5) is 5.69 Å². The van der Waals surface area contributed by atoms with Gasteiger partial charge in [-0.05, 0) is 56.7 Å². The molecule has 1 aliphatic heterocycles. The number of carbonyl (C=O) groups is 2. The maximum absolute atomic E-state index is 14.2. The Kier molecular flexibility index (Phi) is 6.79. The molecule has 198 valence electrons. The number of rotatable bonds is 8. The van der Waals surface area contributed by atoms with Crippen LogP contribution in [-0.4, -0.2) is 50.1 Å². The van der Waals surface area contributed by atoms with E-state index in [9.17, 15) is 9.59 Å². The van der Waals surface area contributed by atoms with Crippen molar-refractivity contribution in [1.82, 2.24) is 24.9 Å². The third-order valence-corrected chi connectivity index (χ3v) is 6.89. The molecule has 2 amide bonds. The lowest BCUT2D eigenvalue weighted by Gasteiger charge is -2.35. The number of nitrogens with zero attached hydrogens (tertiary/aromatic N) is 5. The van der Waals surface area contributed by atoms with Crippen molar-refractivity contribution in [1.29, 1.82) is 0 Å². The second-order valence-electron chi connectivity index (χ2n) is 10.0. The molecule has 1 atom stereocenters. The average molecular weight is 517 g/mol. The van der Waals surface area contributed by atoms with Gasteiger partial charge in [-0.25, -0.2) is 4.68 Å². The van der Waals surface area contributed by atoms with E-state index in [2.05, 4.69) is 15.6 Å². The maximum Gasteiger partial charge on any atom is 0.249 e. The SMILES string of the molecule is CCC(C)(C)NC(=O)C(c1cccn1C)N(C(=O)Cn1nnc2ccccc21)c1ccc2c(c1)OCCO2. The number of benzene rings is 2. The highest BCUT2D eigenvalue weighted by Crippen LogP contribution is 2.37. The lowest BCUT2D eigenvalue weighted by molar-refractivity contribution is -0.128. The van der Waals surface area contributed by atoms with Crippen LogP contribution in [0.15, 0.2) is 60.8 Å². The van der Waals surface area contributed by atoms with Crippen LogP contribution in [0.25, 0.3) is 11.0 Å². The lowest BCUT2D eigenvalue weighted by atomic mass is 10.00. The highest BCUT2D eigenvalue weighted by atomic mass is 16.6. The summed E-state index contributed by atoms with van der Waals surface area (Å²) in [7, 11) is 1.86. The fourth-order valence-corrected chi connectivity index (χ4v) is 4.49. The van der Waals surface area contributed by atoms with E-state index in [-0.39, 0.29) is 18.4 Å². The Morgan fingerprint density at radius 3 is 2.58 bits per heavy atom. The van der Waals surface area contributed by atoms with Crippen LogP contribution in [0, 0.1) is 0 Å². The molecule has 2 aromatic heterocycles. The number of fused-ring (bicyclic) bond motifs is 2. The minimum atomic E-state index is -0.953. The second kappa shape index (κ2) is 10.2. The molecule has 0 saturated carbocycles. The van der Waals surface area contributed by atoms with Crippen LogP contribution in [-0.2, 0) is 23.2 Å². The fourth-order valence-electron chi connectivity index (χ4n) is 4.49. The molecule has 1 unspecified atom stereocenters. The van der Waals surface area contributed by atoms with Gasteiger partial charge in [-0.2, -0.15) is 0 Å². The molecule has 4 aromatic rings. The summed E-state index contributed by atoms with van der Waals surface area (Å²) < 4.78 is 14.9. The summed E-state index contributed by atoms with van der Waals surface area (Å²) in [5, 5.41) is 11.5. The molecule has 5 rings (SSSR count). The lowest BCUT2D eigenvalue weighted by Crippen LogP contribution is -2.51. The van der Waals surface area contributed by atoms with Gasteiger partial charge in [0.05, 0.1) is 11.2 Å². The number of hydrogen-bond donors (Lipinski definition) is 1. The number of aryl methyl sites for hydroxylation is 1. The first-order valence-corrected chi connectivity index (χ1v) is 12.7. The largest absolute Gasteiger partial charge is 0.486 e. The minimum absolute atomic E-state index is 0.111. The molecular formula is C28H32N6O4. The zero-order valence-electron chi connectivity index (χ0n) is 22.0. The quantitative estimate of drug-likeness (QED) is 0.384. The summed E-state index contributed by atoms with van der Waals surface area (Å²) in [6.07, 6.45) is 2.58. The van der Waals surface area contributed by atoms with Crippen molar-refractivity contribution in [2.45, 2.75) is 45.3 Å². The molecule has 38 heavy (non-hydrogen) atoms. The van der Waals surface area contributed by atoms with E-state index >= 15 is 0 Å². The standard InChI is InChI=1S/C28H32N6O4/c1-5-28(2,3)29-27(36)26(22-11-8-14-32(22)4)34(19-12-13-23-24(17-19)38-16-15-37-23)25(35)18-33-21-10-7-6-9-20(21)30-31-33/h6-14,17,26H,5,15-16,18H2,1-4H3,(H,29,36). The molecule has 0 aliphatic carbocycles. The molecule has 0 bridgehead atoms. The van der Waals surface area contributed by atoms with Gasteiger partial charge in [0.15, 0.2) is 17.5 Å². The van der Waals surface area contributed by atoms with Crippen molar-refractivity contribution in [2.24, 2.45) is 7.05 Å². The first-order valence-electron chi connectivity index (χ1n) is 12.7. The number of carbonyl (C=O) groups excluding carboxylic acids is 2. The number of ether oxygens (including phenoxy) is 2. The predicted molar refractivity (Wildman–Crippen MR) is 143 cm³/mol. The Hall–Kier alpha value is -4.34. The Balaban J connectivity index is 1.62. The Morgan fingerprint density at radius 2 is 1.84 bits per heavy atom. The first kappa shape index (κ1) is 25.3. The normalized spacial score (nSPS) is 13.8. The number of para-hydroxylation sites is 1. The molecule has 2 aromatic carbocycles. The summed E-state index contributed by atoms with van der Waals surface area (Å²) in [5.41, 5.74) is 2.13. The van der Waals surface area contributed by atoms with E-state index in [0.717, 1.165) is 11.9 Å². The summed E-state index contributed by atoms with van der Waals surface area (Å²) in [6, 6.07) is 15.5. The zero-order chi connectivity index (χ0) is 26.9. The Bertz CT molecular complexity index is 1470. The van der Waals surface area contributed by atoms with Crippen molar-refractivity contribution in [3.8, 4) is 11.5 Å². The topological polar surface area (TPSA) is 104 Å². The van der Waals surface area contributed by atoms with Gasteiger partial charge in [-0.3, -0.25) is 14.5 Å². The van der Waals surface area contributed by atoms with Gasteiger partial charge in [-0.1, -0.05) is 24.3 Å². The molecule has 10 nitrogen and oxygen atoms in total. The van der Waals surface area contributed by atoms with Crippen LogP contribution >= 0.6 is 0 Å². The van der Waals surface area contributed by atoms with Crippen molar-refractivity contribution in [3.05, 3.63) is 66.5 Å². The predicted octanol–water partition coefficient (Wildman–Crippen LogP) is 3.62. The smallest absolute Gasteiger partial charge is 0.249 e. The first-order chi connectivity index (χ1) is 18.3. The van der Waals surface area contributed by atoms with Gasteiger partial charge in [-0.15, -0.1) is 5.10 Å². The summed E-state index contributed by atoms with van der Waals surface area (Å²) in [4.78, 5) is 29.7. The van der Waals surface area contributed by atoms with E-state index in [0.29, 0.717) is 41.6 Å². The van der Waals surface area contributed by atoms with E-state index in [1.165, 1.54) is 4.90 Å². The molecule has 1 aliphatic rings. The third kappa shape index (κ3) is 4.93. The van der Waals surface area contributed by atoms with Crippen molar-refractivity contribution in [3.63, 3.8) is 0 Å². The van der Waals surface area contributed by atoms with Crippen LogP contribution in [0.1, 0.15) is 38.9 Å². The van der Waals surface area contributed by atoms with Gasteiger partial charge in [0, 0.05) is 30.5 Å². The summed E-state index contributed by atoms with van der Waals surface area (Å²) >= 11 is 0. The Labute approximate surface area is 221 Å². The summed E-state index contributed by atoms with van der Waals surface area (Å²) in [6.45, 7) is 6.68. The van der Waals surface area contributed by atoms with Crippen LogP contribution in [0.3, 0.4) is 0 Å². The van der Waals surface area contributed by atoms with E-state index in [1.807, 2.05) is 75.0 Å². The van der Waals surface area contributed by atoms with Gasteiger partial charge >= 0.3 is 0 Å². The number of anilines is 1. The zero-order valence-corrected chi connectivity index (χ0v) is 22.0. The highest BCUT2D eigenvalue weighted by Gasteiger charge is 2.37. The number of amides is 2. The number of hydrogen-bond acceptors (Lipinski definition) is 6. The maximum atomic E-state index is 14.2. The van der Waals surface area contributed by atoms with Gasteiger partial charge < -0.3 is 19.4 Å². The van der Waals surface area contributed by atoms with Crippen LogP contribution in [0.5, 0.6) is 11.5 Å². The molecule has 0 saturated heterocycles. The molecule has 0 spiro atoms. The molecule has 1 N–H and O–H groups in total. The Morgan fingerprint density at radius 1 is 1.08 bits per heavy atom. The molecule has 0 radical (unpaired) electrons. The van der Waals surface area contributed by atoms with Gasteiger partial charge in [0.25, 0.3) is 0 Å². The number of nitrogens with one attached hydrogen (secondary N) is 1. The monoisotopic (exact) mass is 516 g/mol.